The third kappa shape index (κ3) is 3.05. The third-order valence-electron chi connectivity index (χ3n) is 5.72. The first kappa shape index (κ1) is 17.5. The topological polar surface area (TPSA) is 51.1 Å². The maximum absolute atomic E-state index is 13.3. The van der Waals surface area contributed by atoms with Crippen LogP contribution in [0, 0.1) is 6.92 Å². The molecule has 0 bridgehead atoms. The van der Waals surface area contributed by atoms with Gasteiger partial charge >= 0.3 is 0 Å². The van der Waals surface area contributed by atoms with Crippen LogP contribution in [0.25, 0.3) is 10.8 Å². The van der Waals surface area contributed by atoms with Crippen LogP contribution in [-0.2, 0) is 12.6 Å². The van der Waals surface area contributed by atoms with Gasteiger partial charge in [0.15, 0.2) is 0 Å². The lowest BCUT2D eigenvalue weighted by atomic mass is 9.87. The molecule has 3 aromatic rings. The Morgan fingerprint density at radius 3 is 2.44 bits per heavy atom. The van der Waals surface area contributed by atoms with Crippen molar-refractivity contribution in [3.63, 3.8) is 0 Å². The molecular weight excluding hydrogens is 336 g/mol. The van der Waals surface area contributed by atoms with Crippen molar-refractivity contribution in [1.29, 1.82) is 0 Å². The Kier molecular flexibility index (Phi) is 4.34. The second-order valence-corrected chi connectivity index (χ2v) is 7.62. The molecule has 1 N–H and O–H groups in total. The summed E-state index contributed by atoms with van der Waals surface area (Å²) in [4.78, 5) is 25.7. The van der Waals surface area contributed by atoms with Crippen molar-refractivity contribution in [2.24, 2.45) is 7.05 Å². The lowest BCUT2D eigenvalue weighted by molar-refractivity contribution is 0.0899. The van der Waals surface area contributed by atoms with Gasteiger partial charge in [-0.25, -0.2) is 0 Å². The van der Waals surface area contributed by atoms with E-state index in [0.717, 1.165) is 25.7 Å². The van der Waals surface area contributed by atoms with Gasteiger partial charge < -0.3 is 9.88 Å². The highest BCUT2D eigenvalue weighted by molar-refractivity contribution is 6.06. The number of fused-ring (bicyclic) bond motifs is 1. The third-order valence-corrected chi connectivity index (χ3v) is 5.72. The molecule has 1 fully saturated rings. The van der Waals surface area contributed by atoms with Crippen molar-refractivity contribution in [3.8, 4) is 0 Å². The van der Waals surface area contributed by atoms with E-state index in [1.165, 1.54) is 15.7 Å². The molecule has 1 aliphatic rings. The zero-order valence-corrected chi connectivity index (χ0v) is 15.8. The number of amides is 1. The van der Waals surface area contributed by atoms with Crippen molar-refractivity contribution >= 4 is 16.7 Å². The Hall–Kier alpha value is -2.88. The smallest absolute Gasteiger partial charge is 0.258 e. The van der Waals surface area contributed by atoms with Crippen LogP contribution in [0.4, 0.5) is 0 Å². The highest BCUT2D eigenvalue weighted by Gasteiger charge is 2.37. The molecular formula is C23H24N2O2. The molecule has 4 heteroatoms. The zero-order valence-electron chi connectivity index (χ0n) is 15.8. The van der Waals surface area contributed by atoms with Gasteiger partial charge in [-0.1, -0.05) is 60.9 Å². The minimum atomic E-state index is -0.334. The number of carbonyl (C=O) groups excluding carboxylic acids is 1. The van der Waals surface area contributed by atoms with E-state index in [0.29, 0.717) is 16.3 Å². The van der Waals surface area contributed by atoms with E-state index >= 15 is 0 Å². The van der Waals surface area contributed by atoms with Gasteiger partial charge in [-0.05, 0) is 31.4 Å². The summed E-state index contributed by atoms with van der Waals surface area (Å²) < 4.78 is 1.49. The summed E-state index contributed by atoms with van der Waals surface area (Å²) in [6.45, 7) is 2.08. The number of pyridine rings is 1. The SMILES string of the molecule is Cc1cccc(C2(NC(=O)c3cn(C)c(=O)c4ccccc34)CCCC2)c1. The van der Waals surface area contributed by atoms with Gasteiger partial charge in [0.25, 0.3) is 11.5 Å². The normalized spacial score (nSPS) is 15.8. The number of benzene rings is 2. The molecule has 4 nitrogen and oxygen atoms in total. The summed E-state index contributed by atoms with van der Waals surface area (Å²) in [5, 5.41) is 4.61. The lowest BCUT2D eigenvalue weighted by Crippen LogP contribution is -2.44. The lowest BCUT2D eigenvalue weighted by Gasteiger charge is -2.31. The Morgan fingerprint density at radius 1 is 1.04 bits per heavy atom. The van der Waals surface area contributed by atoms with Gasteiger partial charge in [0, 0.05) is 24.0 Å². The highest BCUT2D eigenvalue weighted by Crippen LogP contribution is 2.39. The summed E-state index contributed by atoms with van der Waals surface area (Å²) in [5.41, 5.74) is 2.49. The van der Waals surface area contributed by atoms with E-state index in [2.05, 4.69) is 36.5 Å². The van der Waals surface area contributed by atoms with Crippen LogP contribution in [-0.4, -0.2) is 10.5 Å². The fraction of sp³-hybridized carbons (Fsp3) is 0.304. The summed E-state index contributed by atoms with van der Waals surface area (Å²) in [6, 6.07) is 15.7. The molecule has 0 spiro atoms. The summed E-state index contributed by atoms with van der Waals surface area (Å²) in [5.74, 6) is -0.120. The number of nitrogens with zero attached hydrogens (tertiary/aromatic N) is 1. The number of carbonyl (C=O) groups is 1. The molecule has 0 radical (unpaired) electrons. The van der Waals surface area contributed by atoms with E-state index in [1.54, 1.807) is 19.3 Å². The Balaban J connectivity index is 1.78. The van der Waals surface area contributed by atoms with E-state index in [9.17, 15) is 9.59 Å². The maximum atomic E-state index is 13.3. The first-order valence-electron chi connectivity index (χ1n) is 9.48. The van der Waals surface area contributed by atoms with E-state index in [-0.39, 0.29) is 17.0 Å². The monoisotopic (exact) mass is 360 g/mol. The molecule has 0 saturated heterocycles. The maximum Gasteiger partial charge on any atom is 0.258 e. The van der Waals surface area contributed by atoms with Gasteiger partial charge in [0.2, 0.25) is 0 Å². The van der Waals surface area contributed by atoms with Crippen LogP contribution in [0.1, 0.15) is 47.2 Å². The van der Waals surface area contributed by atoms with Gasteiger partial charge in [0.1, 0.15) is 0 Å². The first-order chi connectivity index (χ1) is 13.0. The largest absolute Gasteiger partial charge is 0.342 e. The summed E-state index contributed by atoms with van der Waals surface area (Å²) in [7, 11) is 1.69. The van der Waals surface area contributed by atoms with E-state index in [1.807, 2.05) is 18.2 Å². The fourth-order valence-corrected chi connectivity index (χ4v) is 4.29. The number of aryl methyl sites for hydroxylation is 2. The molecule has 138 valence electrons. The molecule has 1 heterocycles. The van der Waals surface area contributed by atoms with Gasteiger partial charge in [0.05, 0.1) is 11.1 Å². The number of nitrogens with one attached hydrogen (secondary N) is 1. The van der Waals surface area contributed by atoms with Gasteiger partial charge in [-0.3, -0.25) is 9.59 Å². The van der Waals surface area contributed by atoms with Gasteiger partial charge in [-0.2, -0.15) is 0 Å². The number of hydrogen-bond donors (Lipinski definition) is 1. The molecule has 1 aromatic heterocycles. The first-order valence-corrected chi connectivity index (χ1v) is 9.48. The minimum absolute atomic E-state index is 0.0867. The Morgan fingerprint density at radius 2 is 1.74 bits per heavy atom. The highest BCUT2D eigenvalue weighted by atomic mass is 16.2. The molecule has 1 amide bonds. The summed E-state index contributed by atoms with van der Waals surface area (Å²) >= 11 is 0. The molecule has 0 atom stereocenters. The number of aromatic nitrogens is 1. The standard InChI is InChI=1S/C23H24N2O2/c1-16-8-7-9-17(14-16)23(12-5-6-13-23)24-21(26)20-15-25(2)22(27)19-11-4-3-10-18(19)20/h3-4,7-11,14-15H,5-6,12-13H2,1-2H3,(H,24,26). The molecule has 1 saturated carbocycles. The van der Waals surface area contributed by atoms with Crippen LogP contribution in [0.5, 0.6) is 0 Å². The van der Waals surface area contributed by atoms with Crippen LogP contribution >= 0.6 is 0 Å². The van der Waals surface area contributed by atoms with Crippen LogP contribution in [0.2, 0.25) is 0 Å². The quantitative estimate of drug-likeness (QED) is 0.766. The number of rotatable bonds is 3. The van der Waals surface area contributed by atoms with Gasteiger partial charge in [-0.15, -0.1) is 0 Å². The van der Waals surface area contributed by atoms with E-state index < -0.39 is 0 Å². The minimum Gasteiger partial charge on any atom is -0.342 e. The predicted octanol–water partition coefficient (Wildman–Crippen LogP) is 4.05. The molecule has 0 unspecified atom stereocenters. The van der Waals surface area contributed by atoms with Crippen molar-refractivity contribution in [1.82, 2.24) is 9.88 Å². The van der Waals surface area contributed by atoms with Crippen molar-refractivity contribution in [3.05, 3.63) is 81.8 Å². The van der Waals surface area contributed by atoms with Crippen molar-refractivity contribution in [2.75, 3.05) is 0 Å². The Labute approximate surface area is 158 Å². The summed E-state index contributed by atoms with van der Waals surface area (Å²) in [6.07, 6.45) is 5.72. The predicted molar refractivity (Wildman–Crippen MR) is 108 cm³/mol. The second kappa shape index (κ2) is 6.69. The average Bonchev–Trinajstić information content (AvgIpc) is 3.14. The zero-order chi connectivity index (χ0) is 19.0. The number of hydrogen-bond acceptors (Lipinski definition) is 2. The van der Waals surface area contributed by atoms with Crippen molar-refractivity contribution < 1.29 is 4.79 Å². The van der Waals surface area contributed by atoms with Crippen LogP contribution < -0.4 is 10.9 Å². The molecule has 27 heavy (non-hydrogen) atoms. The van der Waals surface area contributed by atoms with Crippen LogP contribution in [0.3, 0.4) is 0 Å². The van der Waals surface area contributed by atoms with Crippen LogP contribution in [0.15, 0.2) is 59.5 Å². The van der Waals surface area contributed by atoms with E-state index in [4.69, 9.17) is 0 Å². The molecule has 2 aromatic carbocycles. The molecule has 1 aliphatic carbocycles. The molecule has 4 rings (SSSR count). The van der Waals surface area contributed by atoms with Crippen molar-refractivity contribution in [2.45, 2.75) is 38.1 Å². The molecule has 0 aliphatic heterocycles. The Bertz CT molecular complexity index is 1080. The average molecular weight is 360 g/mol. The fourth-order valence-electron chi connectivity index (χ4n) is 4.29. The second-order valence-electron chi connectivity index (χ2n) is 7.62.